The van der Waals surface area contributed by atoms with Gasteiger partial charge in [0.25, 0.3) is 0 Å². The molecule has 1 aliphatic heterocycles. The Labute approximate surface area is 120 Å². The molecule has 0 spiro atoms. The summed E-state index contributed by atoms with van der Waals surface area (Å²) in [5.41, 5.74) is 1.30. The third-order valence-corrected chi connectivity index (χ3v) is 4.35. The molecule has 4 heteroatoms. The van der Waals surface area contributed by atoms with Crippen molar-refractivity contribution in [3.63, 3.8) is 0 Å². The van der Waals surface area contributed by atoms with Crippen molar-refractivity contribution in [1.29, 1.82) is 0 Å². The van der Waals surface area contributed by atoms with Crippen LogP contribution >= 0.6 is 31.9 Å². The highest BCUT2D eigenvalue weighted by molar-refractivity contribution is 9.11. The van der Waals surface area contributed by atoms with Gasteiger partial charge in [-0.05, 0) is 53.5 Å². The second-order valence-electron chi connectivity index (χ2n) is 4.45. The number of hydrogen-bond donors (Lipinski definition) is 1. The van der Waals surface area contributed by atoms with Gasteiger partial charge in [-0.3, -0.25) is 0 Å². The van der Waals surface area contributed by atoms with Crippen molar-refractivity contribution in [3.8, 4) is 0 Å². The van der Waals surface area contributed by atoms with E-state index in [0.29, 0.717) is 6.04 Å². The maximum atomic E-state index is 3.66. The lowest BCUT2D eigenvalue weighted by Gasteiger charge is -2.27. The van der Waals surface area contributed by atoms with Crippen molar-refractivity contribution in [3.05, 3.63) is 27.1 Å². The molecule has 1 saturated heterocycles. The molecule has 1 unspecified atom stereocenters. The molecule has 2 rings (SSSR count). The summed E-state index contributed by atoms with van der Waals surface area (Å²) in [6, 6.07) is 7.02. The number of anilines is 1. The topological polar surface area (TPSA) is 15.3 Å². The maximum absolute atomic E-state index is 3.66. The van der Waals surface area contributed by atoms with Crippen LogP contribution in [0.1, 0.15) is 19.8 Å². The Morgan fingerprint density at radius 2 is 2.24 bits per heavy atom. The first-order valence-corrected chi connectivity index (χ1v) is 7.72. The van der Waals surface area contributed by atoms with E-state index in [2.05, 4.69) is 67.2 Å². The average Bonchev–Trinajstić information content (AvgIpc) is 2.54. The van der Waals surface area contributed by atoms with Crippen LogP contribution < -0.4 is 10.2 Å². The average molecular weight is 362 g/mol. The third-order valence-electron chi connectivity index (χ3n) is 3.22. The normalized spacial score (nSPS) is 21.4. The first-order valence-electron chi connectivity index (χ1n) is 6.14. The summed E-state index contributed by atoms with van der Waals surface area (Å²) >= 11 is 7.16. The highest BCUT2D eigenvalue weighted by Gasteiger charge is 2.18. The standard InChI is InChI=1S/C13H18Br2N2/c1-2-11-9-17(7-3-6-16-11)13-5-4-10(14)8-12(13)15/h4-5,8,11,16H,2-3,6-7,9H2,1H3. The van der Waals surface area contributed by atoms with Gasteiger partial charge < -0.3 is 10.2 Å². The van der Waals surface area contributed by atoms with E-state index in [1.165, 1.54) is 23.0 Å². The summed E-state index contributed by atoms with van der Waals surface area (Å²) in [5, 5.41) is 3.60. The van der Waals surface area contributed by atoms with Gasteiger partial charge in [0.1, 0.15) is 0 Å². The SMILES string of the molecule is CCC1CN(c2ccc(Br)cc2Br)CCCN1. The molecule has 94 valence electrons. The van der Waals surface area contributed by atoms with E-state index >= 15 is 0 Å². The van der Waals surface area contributed by atoms with Crippen molar-refractivity contribution in [2.45, 2.75) is 25.8 Å². The van der Waals surface area contributed by atoms with Crippen molar-refractivity contribution in [2.24, 2.45) is 0 Å². The molecule has 1 aliphatic rings. The van der Waals surface area contributed by atoms with Gasteiger partial charge in [-0.15, -0.1) is 0 Å². The summed E-state index contributed by atoms with van der Waals surface area (Å²) < 4.78 is 2.29. The Kier molecular flexibility index (Phi) is 4.88. The first kappa shape index (κ1) is 13.4. The molecule has 0 bridgehead atoms. The zero-order valence-corrected chi connectivity index (χ0v) is 13.2. The molecule has 0 aromatic heterocycles. The zero-order valence-electron chi connectivity index (χ0n) is 10.0. The minimum absolute atomic E-state index is 0.605. The van der Waals surface area contributed by atoms with Crippen LogP contribution in [0, 0.1) is 0 Å². The fourth-order valence-electron chi connectivity index (χ4n) is 2.23. The number of benzene rings is 1. The molecule has 0 amide bonds. The summed E-state index contributed by atoms with van der Waals surface area (Å²) in [6.45, 7) is 5.60. The van der Waals surface area contributed by atoms with Crippen LogP contribution in [0.4, 0.5) is 5.69 Å². The second-order valence-corrected chi connectivity index (χ2v) is 6.22. The lowest BCUT2D eigenvalue weighted by atomic mass is 10.2. The third kappa shape index (κ3) is 3.46. The number of nitrogens with one attached hydrogen (secondary N) is 1. The van der Waals surface area contributed by atoms with Crippen molar-refractivity contribution in [1.82, 2.24) is 5.32 Å². The van der Waals surface area contributed by atoms with Crippen LogP contribution in [-0.2, 0) is 0 Å². The van der Waals surface area contributed by atoms with E-state index in [-0.39, 0.29) is 0 Å². The number of nitrogens with zero attached hydrogens (tertiary/aromatic N) is 1. The molecule has 2 nitrogen and oxygen atoms in total. The van der Waals surface area contributed by atoms with Gasteiger partial charge in [-0.1, -0.05) is 22.9 Å². The number of rotatable bonds is 2. The zero-order chi connectivity index (χ0) is 12.3. The van der Waals surface area contributed by atoms with Crippen LogP contribution in [0.25, 0.3) is 0 Å². The molecular weight excluding hydrogens is 344 g/mol. The predicted molar refractivity (Wildman–Crippen MR) is 80.8 cm³/mol. The smallest absolute Gasteiger partial charge is 0.0511 e. The van der Waals surface area contributed by atoms with Gasteiger partial charge in [-0.25, -0.2) is 0 Å². The van der Waals surface area contributed by atoms with Gasteiger partial charge in [0.15, 0.2) is 0 Å². The summed E-state index contributed by atoms with van der Waals surface area (Å²) in [4.78, 5) is 2.48. The van der Waals surface area contributed by atoms with Gasteiger partial charge in [0.05, 0.1) is 5.69 Å². The largest absolute Gasteiger partial charge is 0.369 e. The Balaban J connectivity index is 2.19. The van der Waals surface area contributed by atoms with E-state index in [0.717, 1.165) is 24.1 Å². The molecule has 17 heavy (non-hydrogen) atoms. The highest BCUT2D eigenvalue weighted by atomic mass is 79.9. The van der Waals surface area contributed by atoms with Gasteiger partial charge >= 0.3 is 0 Å². The van der Waals surface area contributed by atoms with Crippen LogP contribution in [0.5, 0.6) is 0 Å². The van der Waals surface area contributed by atoms with E-state index in [1.807, 2.05) is 0 Å². The Bertz CT molecular complexity index is 382. The quantitative estimate of drug-likeness (QED) is 0.862. The monoisotopic (exact) mass is 360 g/mol. The summed E-state index contributed by atoms with van der Waals surface area (Å²) in [5.74, 6) is 0. The number of halogens is 2. The molecule has 1 N–H and O–H groups in total. The Morgan fingerprint density at radius 1 is 1.41 bits per heavy atom. The van der Waals surface area contributed by atoms with E-state index < -0.39 is 0 Å². The lowest BCUT2D eigenvalue weighted by Crippen LogP contribution is -2.37. The van der Waals surface area contributed by atoms with Crippen molar-refractivity contribution in [2.75, 3.05) is 24.5 Å². The molecule has 0 aliphatic carbocycles. The van der Waals surface area contributed by atoms with Crippen LogP contribution in [0.2, 0.25) is 0 Å². The maximum Gasteiger partial charge on any atom is 0.0511 e. The van der Waals surface area contributed by atoms with Gasteiger partial charge in [0, 0.05) is 28.1 Å². The van der Waals surface area contributed by atoms with Gasteiger partial charge in [-0.2, -0.15) is 0 Å². The molecule has 0 radical (unpaired) electrons. The molecule has 1 fully saturated rings. The summed E-state index contributed by atoms with van der Waals surface area (Å²) in [6.07, 6.45) is 2.39. The van der Waals surface area contributed by atoms with E-state index in [1.54, 1.807) is 0 Å². The Morgan fingerprint density at radius 3 is 2.94 bits per heavy atom. The highest BCUT2D eigenvalue weighted by Crippen LogP contribution is 2.30. The molecular formula is C13H18Br2N2. The fraction of sp³-hybridized carbons (Fsp3) is 0.538. The Hall–Kier alpha value is -0.0600. The number of hydrogen-bond acceptors (Lipinski definition) is 2. The minimum Gasteiger partial charge on any atom is -0.369 e. The summed E-state index contributed by atoms with van der Waals surface area (Å²) in [7, 11) is 0. The predicted octanol–water partition coefficient (Wildman–Crippen LogP) is 3.79. The molecule has 1 atom stereocenters. The minimum atomic E-state index is 0.605. The van der Waals surface area contributed by atoms with Crippen molar-refractivity contribution >= 4 is 37.5 Å². The van der Waals surface area contributed by atoms with E-state index in [9.17, 15) is 0 Å². The second kappa shape index (κ2) is 6.21. The first-order chi connectivity index (χ1) is 8.20. The lowest BCUT2D eigenvalue weighted by molar-refractivity contribution is 0.528. The molecule has 1 heterocycles. The van der Waals surface area contributed by atoms with Crippen molar-refractivity contribution < 1.29 is 0 Å². The van der Waals surface area contributed by atoms with E-state index in [4.69, 9.17) is 0 Å². The molecule has 1 aromatic rings. The molecule has 1 aromatic carbocycles. The molecule has 0 saturated carbocycles. The fourth-order valence-corrected chi connectivity index (χ4v) is 3.53. The van der Waals surface area contributed by atoms with Gasteiger partial charge in [0.2, 0.25) is 0 Å². The van der Waals surface area contributed by atoms with Crippen LogP contribution in [0.3, 0.4) is 0 Å². The van der Waals surface area contributed by atoms with Crippen LogP contribution in [0.15, 0.2) is 27.1 Å². The van der Waals surface area contributed by atoms with Crippen LogP contribution in [-0.4, -0.2) is 25.7 Å².